The number of ether oxygens (including phenoxy) is 1. The molecule has 3 rings (SSSR count). The zero-order valence-corrected chi connectivity index (χ0v) is 19.4. The molecule has 0 fully saturated rings. The number of pyridine rings is 1. The highest BCUT2D eigenvalue weighted by atomic mass is 32.2. The highest BCUT2D eigenvalue weighted by Crippen LogP contribution is 2.31. The topological polar surface area (TPSA) is 114 Å². The van der Waals surface area contributed by atoms with Gasteiger partial charge in [-0.3, -0.25) is 9.78 Å². The van der Waals surface area contributed by atoms with E-state index in [1.165, 1.54) is 6.20 Å². The fourth-order valence-corrected chi connectivity index (χ4v) is 3.74. The summed E-state index contributed by atoms with van der Waals surface area (Å²) in [7, 11) is -1.43. The third-order valence-electron chi connectivity index (χ3n) is 4.57. The first-order chi connectivity index (χ1) is 14.4. The van der Waals surface area contributed by atoms with Crippen molar-refractivity contribution >= 4 is 21.6 Å². The number of sulfone groups is 1. The van der Waals surface area contributed by atoms with Gasteiger partial charge in [0.2, 0.25) is 5.91 Å². The van der Waals surface area contributed by atoms with Crippen molar-refractivity contribution in [2.75, 3.05) is 30.7 Å². The Morgan fingerprint density at radius 2 is 2.00 bits per heavy atom. The van der Waals surface area contributed by atoms with Crippen LogP contribution in [0.15, 0.2) is 18.3 Å². The molecule has 168 valence electrons. The molecule has 0 bridgehead atoms. The second-order valence-corrected chi connectivity index (χ2v) is 11.0. The summed E-state index contributed by atoms with van der Waals surface area (Å²) in [6, 6.07) is 3.21. The van der Waals surface area contributed by atoms with Crippen LogP contribution in [0.4, 0.5) is 5.82 Å². The molecule has 1 N–H and O–H groups in total. The van der Waals surface area contributed by atoms with E-state index in [0.717, 1.165) is 36.8 Å². The number of likely N-dealkylation sites (N-methyl/N-ethyl adjacent to an activating group) is 1. The zero-order valence-electron chi connectivity index (χ0n) is 18.6. The van der Waals surface area contributed by atoms with Crippen LogP contribution in [0.3, 0.4) is 0 Å². The van der Waals surface area contributed by atoms with Gasteiger partial charge in [0.15, 0.2) is 21.6 Å². The quantitative estimate of drug-likeness (QED) is 0.683. The molecule has 1 amide bonds. The average Bonchev–Trinajstić information content (AvgIpc) is 3.12. The summed E-state index contributed by atoms with van der Waals surface area (Å²) >= 11 is 0. The van der Waals surface area contributed by atoms with Crippen molar-refractivity contribution < 1.29 is 17.9 Å². The minimum absolute atomic E-state index is 0.0868. The van der Waals surface area contributed by atoms with E-state index in [4.69, 9.17) is 9.72 Å². The number of nitrogens with one attached hydrogen (secondary N) is 1. The largest absolute Gasteiger partial charge is 0.478 e. The highest BCUT2D eigenvalue weighted by Gasteiger charge is 2.24. The molecule has 2 aromatic heterocycles. The SMILES string of the molecule is CN(CC(=O)NC(C)(C)C)c1nc(-c2cc(OCS(C)(=O)=O)ccn2)nc2c1CCC2. The maximum Gasteiger partial charge on any atom is 0.239 e. The summed E-state index contributed by atoms with van der Waals surface area (Å²) in [5.74, 6) is 1.00. The number of rotatable bonds is 7. The fourth-order valence-electron chi connectivity index (χ4n) is 3.39. The number of nitrogens with zero attached hydrogens (tertiary/aromatic N) is 4. The monoisotopic (exact) mass is 447 g/mol. The van der Waals surface area contributed by atoms with Gasteiger partial charge in [0, 0.05) is 42.4 Å². The molecular formula is C21H29N5O4S. The number of amides is 1. The van der Waals surface area contributed by atoms with E-state index >= 15 is 0 Å². The molecule has 0 radical (unpaired) electrons. The standard InChI is InChI=1S/C21H29N5O4S/c1-21(2,3)25-18(27)12-26(4)20-15-7-6-8-16(15)23-19(24-20)17-11-14(9-10-22-17)30-13-31(5,28)29/h9-11H,6-8,12-13H2,1-5H3,(H,25,27). The van der Waals surface area contributed by atoms with Crippen molar-refractivity contribution in [2.24, 2.45) is 0 Å². The molecular weight excluding hydrogens is 418 g/mol. The predicted molar refractivity (Wildman–Crippen MR) is 119 cm³/mol. The van der Waals surface area contributed by atoms with Crippen LogP contribution >= 0.6 is 0 Å². The van der Waals surface area contributed by atoms with Crippen LogP contribution in [0.25, 0.3) is 11.5 Å². The molecule has 0 unspecified atom stereocenters. The third kappa shape index (κ3) is 6.36. The summed E-state index contributed by atoms with van der Waals surface area (Å²) in [6.07, 6.45) is 5.32. The van der Waals surface area contributed by atoms with E-state index in [9.17, 15) is 13.2 Å². The van der Waals surface area contributed by atoms with E-state index in [1.807, 2.05) is 32.7 Å². The number of carbonyl (C=O) groups excluding carboxylic acids is 1. The minimum atomic E-state index is -3.27. The summed E-state index contributed by atoms with van der Waals surface area (Å²) in [6.45, 7) is 5.99. The summed E-state index contributed by atoms with van der Waals surface area (Å²) in [5.41, 5.74) is 2.17. The Morgan fingerprint density at radius 3 is 2.68 bits per heavy atom. The lowest BCUT2D eigenvalue weighted by Gasteiger charge is -2.25. The maximum atomic E-state index is 12.4. The number of anilines is 1. The van der Waals surface area contributed by atoms with Crippen molar-refractivity contribution in [2.45, 2.75) is 45.6 Å². The fraction of sp³-hybridized carbons (Fsp3) is 0.524. The Balaban J connectivity index is 1.89. The van der Waals surface area contributed by atoms with Gasteiger partial charge in [-0.25, -0.2) is 18.4 Å². The number of hydrogen-bond donors (Lipinski definition) is 1. The van der Waals surface area contributed by atoms with Crippen LogP contribution in [0, 0.1) is 0 Å². The Kier molecular flexibility index (Phi) is 6.49. The number of fused-ring (bicyclic) bond motifs is 1. The smallest absolute Gasteiger partial charge is 0.239 e. The molecule has 1 aliphatic rings. The molecule has 0 aliphatic heterocycles. The van der Waals surface area contributed by atoms with Crippen LogP contribution in [-0.2, 0) is 27.5 Å². The molecule has 0 saturated carbocycles. The minimum Gasteiger partial charge on any atom is -0.478 e. The van der Waals surface area contributed by atoms with Gasteiger partial charge in [-0.15, -0.1) is 0 Å². The first kappa shape index (κ1) is 22.9. The van der Waals surface area contributed by atoms with Gasteiger partial charge in [0.05, 0.1) is 6.54 Å². The molecule has 1 aliphatic carbocycles. The molecule has 10 heteroatoms. The molecule has 0 spiro atoms. The third-order valence-corrected chi connectivity index (χ3v) is 5.11. The summed E-state index contributed by atoms with van der Waals surface area (Å²) < 4.78 is 28.1. The lowest BCUT2D eigenvalue weighted by Crippen LogP contribution is -2.45. The number of carbonyl (C=O) groups is 1. The molecule has 0 saturated heterocycles. The average molecular weight is 448 g/mol. The van der Waals surface area contributed by atoms with Crippen LogP contribution < -0.4 is 15.0 Å². The Morgan fingerprint density at radius 1 is 1.26 bits per heavy atom. The van der Waals surface area contributed by atoms with Crippen LogP contribution in [0.5, 0.6) is 5.75 Å². The van der Waals surface area contributed by atoms with Crippen LogP contribution in [-0.4, -0.2) is 60.6 Å². The maximum absolute atomic E-state index is 12.4. The number of hydrogen-bond acceptors (Lipinski definition) is 8. The van der Waals surface area contributed by atoms with E-state index in [2.05, 4.69) is 15.3 Å². The molecule has 9 nitrogen and oxygen atoms in total. The van der Waals surface area contributed by atoms with Gasteiger partial charge in [0.1, 0.15) is 17.3 Å². The van der Waals surface area contributed by atoms with Gasteiger partial charge < -0.3 is 15.0 Å². The summed E-state index contributed by atoms with van der Waals surface area (Å²) in [5, 5.41) is 2.97. The van der Waals surface area contributed by atoms with E-state index in [0.29, 0.717) is 23.1 Å². The van der Waals surface area contributed by atoms with Gasteiger partial charge in [-0.05, 0) is 46.1 Å². The van der Waals surface area contributed by atoms with Gasteiger partial charge in [0.25, 0.3) is 0 Å². The number of aromatic nitrogens is 3. The molecule has 0 atom stereocenters. The Hall–Kier alpha value is -2.75. The van der Waals surface area contributed by atoms with Gasteiger partial charge in [-0.2, -0.15) is 0 Å². The Labute approximate surface area is 183 Å². The van der Waals surface area contributed by atoms with Crippen LogP contribution in [0.1, 0.15) is 38.4 Å². The first-order valence-electron chi connectivity index (χ1n) is 10.1. The number of aryl methyl sites for hydroxylation is 1. The second-order valence-electron chi connectivity index (χ2n) is 8.87. The van der Waals surface area contributed by atoms with E-state index < -0.39 is 15.8 Å². The van der Waals surface area contributed by atoms with Crippen molar-refractivity contribution in [1.82, 2.24) is 20.3 Å². The van der Waals surface area contributed by atoms with Crippen molar-refractivity contribution in [3.05, 3.63) is 29.6 Å². The first-order valence-corrected chi connectivity index (χ1v) is 12.2. The molecule has 2 heterocycles. The highest BCUT2D eigenvalue weighted by molar-refractivity contribution is 7.90. The Bertz CT molecular complexity index is 1080. The molecule has 0 aromatic carbocycles. The lowest BCUT2D eigenvalue weighted by molar-refractivity contribution is -0.121. The second kappa shape index (κ2) is 8.78. The van der Waals surface area contributed by atoms with Crippen molar-refractivity contribution in [3.63, 3.8) is 0 Å². The van der Waals surface area contributed by atoms with E-state index in [1.54, 1.807) is 12.1 Å². The molecule has 31 heavy (non-hydrogen) atoms. The van der Waals surface area contributed by atoms with E-state index in [-0.39, 0.29) is 18.0 Å². The van der Waals surface area contributed by atoms with Crippen LogP contribution in [0.2, 0.25) is 0 Å². The van der Waals surface area contributed by atoms with Gasteiger partial charge in [-0.1, -0.05) is 0 Å². The normalized spacial score (nSPS) is 13.6. The lowest BCUT2D eigenvalue weighted by atomic mass is 10.1. The summed E-state index contributed by atoms with van der Waals surface area (Å²) in [4.78, 5) is 28.0. The van der Waals surface area contributed by atoms with Gasteiger partial charge >= 0.3 is 0 Å². The zero-order chi connectivity index (χ0) is 22.8. The van der Waals surface area contributed by atoms with Crippen molar-refractivity contribution in [1.29, 1.82) is 0 Å². The van der Waals surface area contributed by atoms with Crippen molar-refractivity contribution in [3.8, 4) is 17.3 Å². The molecule has 2 aromatic rings. The predicted octanol–water partition coefficient (Wildman–Crippen LogP) is 1.76.